The summed E-state index contributed by atoms with van der Waals surface area (Å²) in [6, 6.07) is 14.4. The molecule has 0 amide bonds. The number of hydrogen-bond donors (Lipinski definition) is 1. The SMILES string of the molecule is CCOc1cccc(NC(C)c2cccc(F)c2)c1. The Kier molecular flexibility index (Phi) is 4.39. The zero-order chi connectivity index (χ0) is 13.7. The van der Waals surface area contributed by atoms with Crippen molar-refractivity contribution in [3.8, 4) is 5.75 Å². The van der Waals surface area contributed by atoms with Crippen molar-refractivity contribution >= 4 is 5.69 Å². The highest BCUT2D eigenvalue weighted by Crippen LogP contribution is 2.23. The standard InChI is InChI=1S/C16H18FNO/c1-3-19-16-9-5-8-15(11-16)18-12(2)13-6-4-7-14(17)10-13/h4-12,18H,3H2,1-2H3. The highest BCUT2D eigenvalue weighted by molar-refractivity contribution is 5.49. The number of hydrogen-bond acceptors (Lipinski definition) is 2. The van der Waals surface area contributed by atoms with E-state index in [2.05, 4.69) is 5.32 Å². The van der Waals surface area contributed by atoms with Crippen LogP contribution in [0.15, 0.2) is 48.5 Å². The Morgan fingerprint density at radius 1 is 1.16 bits per heavy atom. The first-order valence-electron chi connectivity index (χ1n) is 6.44. The van der Waals surface area contributed by atoms with Gasteiger partial charge in [0, 0.05) is 17.8 Å². The summed E-state index contributed by atoms with van der Waals surface area (Å²) in [4.78, 5) is 0. The zero-order valence-corrected chi connectivity index (χ0v) is 11.2. The van der Waals surface area contributed by atoms with E-state index in [1.165, 1.54) is 6.07 Å². The third-order valence-electron chi connectivity index (χ3n) is 2.88. The van der Waals surface area contributed by atoms with Crippen molar-refractivity contribution in [2.24, 2.45) is 0 Å². The second kappa shape index (κ2) is 6.23. The van der Waals surface area contributed by atoms with E-state index in [-0.39, 0.29) is 11.9 Å². The molecule has 0 saturated heterocycles. The summed E-state index contributed by atoms with van der Waals surface area (Å²) in [5, 5.41) is 3.34. The Balaban J connectivity index is 2.10. The minimum absolute atomic E-state index is 0.0348. The van der Waals surface area contributed by atoms with Crippen molar-refractivity contribution in [1.82, 2.24) is 0 Å². The van der Waals surface area contributed by atoms with Crippen LogP contribution in [0.5, 0.6) is 5.75 Å². The molecule has 1 atom stereocenters. The topological polar surface area (TPSA) is 21.3 Å². The second-order valence-corrected chi connectivity index (χ2v) is 4.38. The van der Waals surface area contributed by atoms with Gasteiger partial charge in [0.25, 0.3) is 0 Å². The van der Waals surface area contributed by atoms with Crippen LogP contribution < -0.4 is 10.1 Å². The average molecular weight is 259 g/mol. The molecule has 2 aromatic carbocycles. The summed E-state index contributed by atoms with van der Waals surface area (Å²) in [5.41, 5.74) is 1.88. The van der Waals surface area contributed by atoms with Crippen LogP contribution in [0.3, 0.4) is 0 Å². The summed E-state index contributed by atoms with van der Waals surface area (Å²) in [5.74, 6) is 0.619. The molecule has 0 fully saturated rings. The highest BCUT2D eigenvalue weighted by atomic mass is 19.1. The van der Waals surface area contributed by atoms with Crippen LogP contribution in [0.1, 0.15) is 25.5 Å². The van der Waals surface area contributed by atoms with Gasteiger partial charge in [-0.1, -0.05) is 18.2 Å². The molecule has 0 aromatic heterocycles. The van der Waals surface area contributed by atoms with Gasteiger partial charge in [-0.25, -0.2) is 4.39 Å². The van der Waals surface area contributed by atoms with Gasteiger partial charge in [-0.3, -0.25) is 0 Å². The lowest BCUT2D eigenvalue weighted by Gasteiger charge is -2.16. The molecule has 100 valence electrons. The van der Waals surface area contributed by atoms with E-state index in [0.717, 1.165) is 17.0 Å². The van der Waals surface area contributed by atoms with E-state index in [1.807, 2.05) is 44.2 Å². The average Bonchev–Trinajstić information content (AvgIpc) is 2.39. The smallest absolute Gasteiger partial charge is 0.123 e. The quantitative estimate of drug-likeness (QED) is 0.859. The molecule has 2 nitrogen and oxygen atoms in total. The minimum Gasteiger partial charge on any atom is -0.494 e. The molecule has 0 bridgehead atoms. The van der Waals surface area contributed by atoms with Gasteiger partial charge in [0.15, 0.2) is 0 Å². The summed E-state index contributed by atoms with van der Waals surface area (Å²) in [6.45, 7) is 4.60. The Labute approximate surface area is 113 Å². The number of rotatable bonds is 5. The molecule has 1 unspecified atom stereocenters. The van der Waals surface area contributed by atoms with Crippen molar-refractivity contribution in [2.75, 3.05) is 11.9 Å². The zero-order valence-electron chi connectivity index (χ0n) is 11.2. The van der Waals surface area contributed by atoms with Gasteiger partial charge in [0.1, 0.15) is 11.6 Å². The van der Waals surface area contributed by atoms with Crippen LogP contribution in [0.2, 0.25) is 0 Å². The van der Waals surface area contributed by atoms with E-state index in [1.54, 1.807) is 12.1 Å². The van der Waals surface area contributed by atoms with E-state index < -0.39 is 0 Å². The van der Waals surface area contributed by atoms with Crippen molar-refractivity contribution in [1.29, 1.82) is 0 Å². The lowest BCUT2D eigenvalue weighted by atomic mass is 10.1. The lowest BCUT2D eigenvalue weighted by molar-refractivity contribution is 0.340. The Hall–Kier alpha value is -2.03. The van der Waals surface area contributed by atoms with Crippen LogP contribution in [-0.4, -0.2) is 6.61 Å². The highest BCUT2D eigenvalue weighted by Gasteiger charge is 2.06. The summed E-state index contributed by atoms with van der Waals surface area (Å²) >= 11 is 0. The fraction of sp³-hybridized carbons (Fsp3) is 0.250. The molecule has 0 spiro atoms. The monoisotopic (exact) mass is 259 g/mol. The van der Waals surface area contributed by atoms with Gasteiger partial charge in [0.05, 0.1) is 6.61 Å². The first kappa shape index (κ1) is 13.4. The molecule has 0 radical (unpaired) electrons. The molecule has 0 saturated carbocycles. The number of anilines is 1. The fourth-order valence-corrected chi connectivity index (χ4v) is 1.95. The molecule has 0 aliphatic carbocycles. The fourth-order valence-electron chi connectivity index (χ4n) is 1.95. The third kappa shape index (κ3) is 3.71. The molecule has 1 N–H and O–H groups in total. The predicted octanol–water partition coefficient (Wildman–Crippen LogP) is 4.40. The maximum atomic E-state index is 13.2. The van der Waals surface area contributed by atoms with Gasteiger partial charge in [-0.05, 0) is 43.7 Å². The van der Waals surface area contributed by atoms with Crippen LogP contribution >= 0.6 is 0 Å². The van der Waals surface area contributed by atoms with Crippen LogP contribution in [0, 0.1) is 5.82 Å². The van der Waals surface area contributed by atoms with Gasteiger partial charge < -0.3 is 10.1 Å². The van der Waals surface area contributed by atoms with Crippen LogP contribution in [0.25, 0.3) is 0 Å². The maximum absolute atomic E-state index is 13.2. The van der Waals surface area contributed by atoms with Crippen LogP contribution in [-0.2, 0) is 0 Å². The first-order valence-corrected chi connectivity index (χ1v) is 6.44. The second-order valence-electron chi connectivity index (χ2n) is 4.38. The van der Waals surface area contributed by atoms with E-state index in [0.29, 0.717) is 6.61 Å². The van der Waals surface area contributed by atoms with Gasteiger partial charge in [-0.2, -0.15) is 0 Å². The molecule has 0 heterocycles. The third-order valence-corrected chi connectivity index (χ3v) is 2.88. The van der Waals surface area contributed by atoms with Gasteiger partial charge in [0.2, 0.25) is 0 Å². The number of nitrogens with one attached hydrogen (secondary N) is 1. The Morgan fingerprint density at radius 2 is 1.95 bits per heavy atom. The molecule has 0 aliphatic rings. The van der Waals surface area contributed by atoms with Crippen molar-refractivity contribution in [3.63, 3.8) is 0 Å². The molecule has 0 aliphatic heterocycles. The lowest BCUT2D eigenvalue weighted by Crippen LogP contribution is -2.07. The molecule has 19 heavy (non-hydrogen) atoms. The normalized spacial score (nSPS) is 11.9. The summed E-state index contributed by atoms with van der Waals surface area (Å²) < 4.78 is 18.6. The molecular weight excluding hydrogens is 241 g/mol. The van der Waals surface area contributed by atoms with E-state index >= 15 is 0 Å². The predicted molar refractivity (Wildman–Crippen MR) is 76.0 cm³/mol. The number of halogens is 1. The molecular formula is C16H18FNO. The largest absolute Gasteiger partial charge is 0.494 e. The van der Waals surface area contributed by atoms with Gasteiger partial charge >= 0.3 is 0 Å². The van der Waals surface area contributed by atoms with Crippen molar-refractivity contribution in [3.05, 3.63) is 59.9 Å². The summed E-state index contributed by atoms with van der Waals surface area (Å²) in [6.07, 6.45) is 0. The van der Waals surface area contributed by atoms with Crippen molar-refractivity contribution < 1.29 is 9.13 Å². The van der Waals surface area contributed by atoms with Crippen LogP contribution in [0.4, 0.5) is 10.1 Å². The number of ether oxygens (including phenoxy) is 1. The Bertz CT molecular complexity index is 542. The molecule has 2 aromatic rings. The maximum Gasteiger partial charge on any atom is 0.123 e. The number of benzene rings is 2. The summed E-state index contributed by atoms with van der Waals surface area (Å²) in [7, 11) is 0. The minimum atomic E-state index is -0.214. The first-order chi connectivity index (χ1) is 9.19. The van der Waals surface area contributed by atoms with E-state index in [9.17, 15) is 4.39 Å². The molecule has 3 heteroatoms. The van der Waals surface area contributed by atoms with Gasteiger partial charge in [-0.15, -0.1) is 0 Å². The molecule has 2 rings (SSSR count). The Morgan fingerprint density at radius 3 is 2.68 bits per heavy atom. The van der Waals surface area contributed by atoms with E-state index in [4.69, 9.17) is 4.74 Å². The van der Waals surface area contributed by atoms with Crippen molar-refractivity contribution in [2.45, 2.75) is 19.9 Å².